The number of aliphatic imine (C=N–C) groups is 1. The van der Waals surface area contributed by atoms with Gasteiger partial charge in [-0.05, 0) is 23.6 Å². The van der Waals surface area contributed by atoms with Crippen LogP contribution in [0.15, 0.2) is 29.3 Å². The van der Waals surface area contributed by atoms with Gasteiger partial charge in [-0.25, -0.2) is 0 Å². The van der Waals surface area contributed by atoms with Crippen molar-refractivity contribution in [2.24, 2.45) is 10.9 Å². The second-order valence-corrected chi connectivity index (χ2v) is 5.72. The fourth-order valence-electron chi connectivity index (χ4n) is 1.72. The van der Waals surface area contributed by atoms with Crippen molar-refractivity contribution in [1.29, 1.82) is 5.26 Å². The van der Waals surface area contributed by atoms with Crippen LogP contribution in [0.4, 0.5) is 5.69 Å². The Hall–Kier alpha value is -1.47. The molecule has 0 bridgehead atoms. The van der Waals surface area contributed by atoms with Gasteiger partial charge in [-0.3, -0.25) is 4.99 Å². The lowest BCUT2D eigenvalue weighted by atomic mass is 10.1. The molecule has 0 unspecified atom stereocenters. The highest BCUT2D eigenvalue weighted by atomic mass is 32.2. The van der Waals surface area contributed by atoms with Gasteiger partial charge in [0.15, 0.2) is 5.17 Å². The number of nitrogens with zero attached hydrogens (tertiary/aromatic N) is 2. The Bertz CT molecular complexity index is 471. The maximum atomic E-state index is 8.61. The first-order valence-corrected chi connectivity index (χ1v) is 7.11. The van der Waals surface area contributed by atoms with Crippen LogP contribution in [0.5, 0.6) is 0 Å². The highest BCUT2D eigenvalue weighted by Crippen LogP contribution is 2.24. The molecule has 2 rings (SSSR count). The molecule has 1 N–H and O–H groups in total. The number of benzene rings is 1. The number of amidine groups is 1. The van der Waals surface area contributed by atoms with E-state index >= 15 is 0 Å². The monoisotopic (exact) mass is 259 g/mol. The smallest absolute Gasteiger partial charge is 0.161 e. The van der Waals surface area contributed by atoms with Crippen LogP contribution in [0.3, 0.4) is 0 Å². The molecule has 18 heavy (non-hydrogen) atoms. The van der Waals surface area contributed by atoms with Crippen LogP contribution >= 0.6 is 11.8 Å². The lowest BCUT2D eigenvalue weighted by molar-refractivity contribution is 0.543. The van der Waals surface area contributed by atoms with E-state index in [1.165, 1.54) is 0 Å². The lowest BCUT2D eigenvalue weighted by Crippen LogP contribution is -2.12. The summed E-state index contributed by atoms with van der Waals surface area (Å²) in [6.07, 6.45) is 0.464. The van der Waals surface area contributed by atoms with Crippen LogP contribution in [0, 0.1) is 17.2 Å². The first kappa shape index (κ1) is 13.0. The van der Waals surface area contributed by atoms with Gasteiger partial charge in [-0.2, -0.15) is 5.26 Å². The molecule has 0 fully saturated rings. The van der Waals surface area contributed by atoms with E-state index in [1.807, 2.05) is 24.3 Å². The molecule has 1 aliphatic heterocycles. The molecule has 0 aromatic heterocycles. The molecule has 0 saturated carbocycles. The summed E-state index contributed by atoms with van der Waals surface area (Å²) < 4.78 is 0. The summed E-state index contributed by atoms with van der Waals surface area (Å²) in [6, 6.07) is 10.5. The number of anilines is 1. The van der Waals surface area contributed by atoms with Crippen LogP contribution in [0.1, 0.15) is 19.4 Å². The van der Waals surface area contributed by atoms with Crippen molar-refractivity contribution in [2.75, 3.05) is 11.1 Å². The summed E-state index contributed by atoms with van der Waals surface area (Å²) in [5, 5.41) is 12.9. The van der Waals surface area contributed by atoms with Gasteiger partial charge in [-0.15, -0.1) is 0 Å². The van der Waals surface area contributed by atoms with Gasteiger partial charge in [0.05, 0.1) is 18.5 Å². The molecule has 94 valence electrons. The number of hydrogen-bond acceptors (Lipinski definition) is 4. The minimum atomic E-state index is 0.426. The molecular weight excluding hydrogens is 242 g/mol. The van der Waals surface area contributed by atoms with Crippen LogP contribution < -0.4 is 5.32 Å². The summed E-state index contributed by atoms with van der Waals surface area (Å²) >= 11 is 1.77. The lowest BCUT2D eigenvalue weighted by Gasteiger charge is -2.08. The molecule has 0 saturated heterocycles. The Morgan fingerprint density at radius 2 is 2.17 bits per heavy atom. The van der Waals surface area contributed by atoms with Crippen LogP contribution in [-0.2, 0) is 6.42 Å². The third kappa shape index (κ3) is 3.27. The first-order chi connectivity index (χ1) is 8.69. The number of nitrogens with one attached hydrogen (secondary N) is 1. The molecule has 0 amide bonds. The summed E-state index contributed by atoms with van der Waals surface area (Å²) in [5.74, 6) is 1.65. The van der Waals surface area contributed by atoms with E-state index in [0.29, 0.717) is 18.4 Å². The Morgan fingerprint density at radius 1 is 1.44 bits per heavy atom. The maximum Gasteiger partial charge on any atom is 0.161 e. The zero-order valence-electron chi connectivity index (χ0n) is 10.7. The summed E-state index contributed by atoms with van der Waals surface area (Å²) in [5.41, 5.74) is 2.08. The Labute approximate surface area is 112 Å². The summed E-state index contributed by atoms with van der Waals surface area (Å²) in [6.45, 7) is 4.41. The van der Waals surface area contributed by atoms with E-state index < -0.39 is 0 Å². The second kappa shape index (κ2) is 5.92. The number of hydrogen-bond donors (Lipinski definition) is 1. The molecule has 0 spiro atoms. The molecular formula is C14H17N3S. The Balaban J connectivity index is 1.98. The van der Waals surface area contributed by atoms with E-state index in [-0.39, 0.29) is 0 Å². The van der Waals surface area contributed by atoms with Gasteiger partial charge < -0.3 is 5.32 Å². The molecule has 1 aromatic rings. The van der Waals surface area contributed by atoms with E-state index in [4.69, 9.17) is 5.26 Å². The first-order valence-electron chi connectivity index (χ1n) is 6.12. The van der Waals surface area contributed by atoms with Gasteiger partial charge in [0.25, 0.3) is 0 Å². The second-order valence-electron chi connectivity index (χ2n) is 4.71. The van der Waals surface area contributed by atoms with Gasteiger partial charge in [-0.1, -0.05) is 37.7 Å². The minimum absolute atomic E-state index is 0.426. The average Bonchev–Trinajstić information content (AvgIpc) is 2.81. The van der Waals surface area contributed by atoms with E-state index in [9.17, 15) is 0 Å². The van der Waals surface area contributed by atoms with Crippen molar-refractivity contribution >= 4 is 22.6 Å². The van der Waals surface area contributed by atoms with Crippen molar-refractivity contribution in [3.8, 4) is 6.07 Å². The molecule has 1 heterocycles. The topological polar surface area (TPSA) is 48.2 Å². The van der Waals surface area contributed by atoms with E-state index in [0.717, 1.165) is 22.2 Å². The minimum Gasteiger partial charge on any atom is -0.335 e. The number of rotatable bonds is 3. The van der Waals surface area contributed by atoms with Gasteiger partial charge >= 0.3 is 0 Å². The van der Waals surface area contributed by atoms with Crippen molar-refractivity contribution in [1.82, 2.24) is 0 Å². The Kier molecular flexibility index (Phi) is 4.27. The molecule has 0 radical (unpaired) electrons. The summed E-state index contributed by atoms with van der Waals surface area (Å²) in [4.78, 5) is 4.66. The molecule has 1 aliphatic rings. The normalized spacial score (nSPS) is 18.6. The highest BCUT2D eigenvalue weighted by molar-refractivity contribution is 8.14. The molecule has 0 aliphatic carbocycles. The van der Waals surface area contributed by atoms with Crippen molar-refractivity contribution in [3.05, 3.63) is 29.8 Å². The summed E-state index contributed by atoms with van der Waals surface area (Å²) in [7, 11) is 0. The van der Waals surface area contributed by atoms with E-state index in [2.05, 4.69) is 30.2 Å². The average molecular weight is 259 g/mol. The zero-order valence-corrected chi connectivity index (χ0v) is 11.5. The number of thioether (sulfide) groups is 1. The van der Waals surface area contributed by atoms with Crippen LogP contribution in [0.25, 0.3) is 0 Å². The molecule has 1 atom stereocenters. The maximum absolute atomic E-state index is 8.61. The predicted octanol–water partition coefficient (Wildman–Crippen LogP) is 3.29. The largest absolute Gasteiger partial charge is 0.335 e. The van der Waals surface area contributed by atoms with Gasteiger partial charge in [0.1, 0.15) is 0 Å². The third-order valence-corrected chi connectivity index (χ3v) is 3.92. The molecule has 1 aromatic carbocycles. The van der Waals surface area contributed by atoms with E-state index in [1.54, 1.807) is 11.8 Å². The third-order valence-electron chi connectivity index (χ3n) is 2.93. The standard InChI is InChI=1S/C14H17N3S/c1-10(2)13-9-18-14(17-13)16-12-5-3-11(4-6-12)7-8-15/h3-6,10,13H,7,9H2,1-2H3,(H,16,17)/t13-/m1/s1. The predicted molar refractivity (Wildman–Crippen MR) is 77.9 cm³/mol. The fraction of sp³-hybridized carbons (Fsp3) is 0.429. The Morgan fingerprint density at radius 3 is 2.72 bits per heavy atom. The van der Waals surface area contributed by atoms with Crippen molar-refractivity contribution in [3.63, 3.8) is 0 Å². The van der Waals surface area contributed by atoms with Gasteiger partial charge in [0, 0.05) is 11.4 Å². The SMILES string of the molecule is CC(C)[C@H]1CSC(Nc2ccc(CC#N)cc2)=N1. The van der Waals surface area contributed by atoms with Crippen LogP contribution in [0.2, 0.25) is 0 Å². The molecule has 4 heteroatoms. The fourth-order valence-corrected chi connectivity index (χ4v) is 2.91. The van der Waals surface area contributed by atoms with Gasteiger partial charge in [0.2, 0.25) is 0 Å². The molecule has 3 nitrogen and oxygen atoms in total. The number of nitriles is 1. The zero-order chi connectivity index (χ0) is 13.0. The highest BCUT2D eigenvalue weighted by Gasteiger charge is 2.20. The van der Waals surface area contributed by atoms with Crippen LogP contribution in [-0.4, -0.2) is 17.0 Å². The van der Waals surface area contributed by atoms with Crippen molar-refractivity contribution < 1.29 is 0 Å². The van der Waals surface area contributed by atoms with Crippen molar-refractivity contribution in [2.45, 2.75) is 26.3 Å². The quantitative estimate of drug-likeness (QED) is 0.906.